The lowest BCUT2D eigenvalue weighted by Crippen LogP contribution is -2.68. The van der Waals surface area contributed by atoms with Gasteiger partial charge in [0.2, 0.25) is 6.29 Å². The molecule has 6 rings (SSSR count). The number of esters is 1. The molecular formula is C49H60N6O8S3Si. The Morgan fingerprint density at radius 2 is 1.30 bits per heavy atom. The van der Waals surface area contributed by atoms with E-state index in [0.29, 0.717) is 37.7 Å². The average molecular weight is 985 g/mol. The number of carbonyl (C=O) groups excluding carboxylic acids is 3. The maximum absolute atomic E-state index is 14.6. The van der Waals surface area contributed by atoms with Crippen molar-refractivity contribution in [2.45, 2.75) is 104 Å². The van der Waals surface area contributed by atoms with Gasteiger partial charge in [-0.3, -0.25) is 4.79 Å². The zero-order valence-corrected chi connectivity index (χ0v) is 43.5. The SMILES string of the molecule is CCOC(=O)c1csc(-c2ccc(C(OC)OC)nc2-c2csc([C@@H](NC(=O)c3csc([C@H](NC(=O)OC(C)(C)C)C(C)C)n3)[C@@H](C)O[Si](c3ccccc3)(c3ccccc3)C(C)(C)C)n2)n1. The number of benzene rings is 2. The van der Waals surface area contributed by atoms with Crippen molar-refractivity contribution in [1.29, 1.82) is 0 Å². The van der Waals surface area contributed by atoms with E-state index in [1.54, 1.807) is 44.5 Å². The van der Waals surface area contributed by atoms with E-state index >= 15 is 0 Å². The molecule has 4 aromatic heterocycles. The Kier molecular flexibility index (Phi) is 16.7. The van der Waals surface area contributed by atoms with E-state index in [0.717, 1.165) is 10.4 Å². The molecule has 0 fully saturated rings. The van der Waals surface area contributed by atoms with Crippen molar-refractivity contribution < 1.29 is 37.8 Å². The molecule has 6 aromatic rings. The molecule has 0 saturated heterocycles. The van der Waals surface area contributed by atoms with Crippen LogP contribution in [0.2, 0.25) is 5.04 Å². The Morgan fingerprint density at radius 3 is 1.87 bits per heavy atom. The highest BCUT2D eigenvalue weighted by Gasteiger charge is 2.52. The molecule has 0 aliphatic carbocycles. The summed E-state index contributed by atoms with van der Waals surface area (Å²) in [5, 5.41) is 14.9. The maximum Gasteiger partial charge on any atom is 0.408 e. The summed E-state index contributed by atoms with van der Waals surface area (Å²) < 4.78 is 29.6. The summed E-state index contributed by atoms with van der Waals surface area (Å²) in [6.45, 7) is 19.9. The van der Waals surface area contributed by atoms with Gasteiger partial charge in [-0.2, -0.15) is 0 Å². The van der Waals surface area contributed by atoms with Gasteiger partial charge in [-0.25, -0.2) is 29.5 Å². The number of methoxy groups -OCH3 is 2. The number of carbonyl (C=O) groups is 3. The molecule has 356 valence electrons. The van der Waals surface area contributed by atoms with Crippen molar-refractivity contribution in [3.05, 3.63) is 116 Å². The molecule has 67 heavy (non-hydrogen) atoms. The second-order valence-corrected chi connectivity index (χ2v) is 25.0. The highest BCUT2D eigenvalue weighted by atomic mass is 32.1. The van der Waals surface area contributed by atoms with E-state index in [9.17, 15) is 14.4 Å². The largest absolute Gasteiger partial charge is 0.461 e. The molecule has 2 aromatic carbocycles. The van der Waals surface area contributed by atoms with E-state index in [-0.39, 0.29) is 29.0 Å². The lowest BCUT2D eigenvalue weighted by molar-refractivity contribution is -0.108. The highest BCUT2D eigenvalue weighted by molar-refractivity contribution is 7.13. The number of amides is 2. The van der Waals surface area contributed by atoms with Crippen LogP contribution in [-0.4, -0.2) is 78.8 Å². The molecule has 0 spiro atoms. The number of thiazole rings is 3. The van der Waals surface area contributed by atoms with Crippen LogP contribution in [0.3, 0.4) is 0 Å². The molecule has 0 aliphatic rings. The third-order valence-electron chi connectivity index (χ3n) is 10.7. The first kappa shape index (κ1) is 51.2. The predicted octanol–water partition coefficient (Wildman–Crippen LogP) is 9.91. The van der Waals surface area contributed by atoms with Crippen molar-refractivity contribution in [3.63, 3.8) is 0 Å². The van der Waals surface area contributed by atoms with E-state index in [2.05, 4.69) is 60.7 Å². The van der Waals surface area contributed by atoms with Crippen molar-refractivity contribution in [3.8, 4) is 22.0 Å². The highest BCUT2D eigenvalue weighted by Crippen LogP contribution is 2.41. The van der Waals surface area contributed by atoms with Gasteiger partial charge >= 0.3 is 12.1 Å². The van der Waals surface area contributed by atoms with Gasteiger partial charge in [0.25, 0.3) is 14.2 Å². The fourth-order valence-electron chi connectivity index (χ4n) is 7.66. The number of hydrogen-bond donors (Lipinski definition) is 2. The quantitative estimate of drug-likeness (QED) is 0.0475. The first-order valence-electron chi connectivity index (χ1n) is 22.0. The summed E-state index contributed by atoms with van der Waals surface area (Å²) in [5.74, 6) is -1.03. The maximum atomic E-state index is 14.6. The van der Waals surface area contributed by atoms with Crippen LogP contribution in [0.5, 0.6) is 0 Å². The number of aromatic nitrogens is 4. The summed E-state index contributed by atoms with van der Waals surface area (Å²) in [6, 6.07) is 22.9. The number of nitrogens with zero attached hydrogens (tertiary/aromatic N) is 4. The average Bonchev–Trinajstić information content (AvgIpc) is 4.09. The second kappa shape index (κ2) is 21.8. The monoisotopic (exact) mass is 984 g/mol. The molecular weight excluding hydrogens is 925 g/mol. The van der Waals surface area contributed by atoms with Crippen LogP contribution >= 0.6 is 34.0 Å². The lowest BCUT2D eigenvalue weighted by atomic mass is 10.1. The van der Waals surface area contributed by atoms with Crippen LogP contribution in [-0.2, 0) is 23.4 Å². The van der Waals surface area contributed by atoms with Gasteiger partial charge < -0.3 is 34.0 Å². The van der Waals surface area contributed by atoms with Crippen LogP contribution in [0.25, 0.3) is 22.0 Å². The van der Waals surface area contributed by atoms with Crippen LogP contribution in [0, 0.1) is 5.92 Å². The molecule has 2 N–H and O–H groups in total. The van der Waals surface area contributed by atoms with Crippen molar-refractivity contribution in [2.75, 3.05) is 20.8 Å². The summed E-state index contributed by atoms with van der Waals surface area (Å²) in [7, 11) is -0.110. The zero-order valence-electron chi connectivity index (χ0n) is 40.0. The van der Waals surface area contributed by atoms with Gasteiger partial charge in [-0.05, 0) is 68.1 Å². The van der Waals surface area contributed by atoms with Crippen LogP contribution in [0.15, 0.2) is 88.9 Å². The van der Waals surface area contributed by atoms with E-state index < -0.39 is 56.4 Å². The van der Waals surface area contributed by atoms with Crippen LogP contribution in [0.4, 0.5) is 4.79 Å². The predicted molar refractivity (Wildman–Crippen MR) is 267 cm³/mol. The number of nitrogens with one attached hydrogen (secondary N) is 2. The summed E-state index contributed by atoms with van der Waals surface area (Å²) in [4.78, 5) is 59.8. The van der Waals surface area contributed by atoms with E-state index in [4.69, 9.17) is 38.3 Å². The molecule has 0 radical (unpaired) electrons. The van der Waals surface area contributed by atoms with Crippen molar-refractivity contribution >= 4 is 70.7 Å². The third kappa shape index (κ3) is 11.9. The minimum atomic E-state index is -3.17. The summed E-state index contributed by atoms with van der Waals surface area (Å²) in [6.07, 6.45) is -2.00. The molecule has 2 amide bonds. The Hall–Kier alpha value is -5.21. The Bertz CT molecular complexity index is 2560. The number of pyridine rings is 1. The number of hydrogen-bond acceptors (Lipinski definition) is 15. The first-order valence-corrected chi connectivity index (χ1v) is 26.5. The summed E-state index contributed by atoms with van der Waals surface area (Å²) >= 11 is 3.92. The van der Waals surface area contributed by atoms with Crippen LogP contribution < -0.4 is 21.0 Å². The van der Waals surface area contributed by atoms with E-state index in [1.807, 2.05) is 68.6 Å². The Labute approximate surface area is 406 Å². The number of ether oxygens (including phenoxy) is 4. The van der Waals surface area contributed by atoms with Gasteiger partial charge in [0, 0.05) is 35.9 Å². The van der Waals surface area contributed by atoms with Gasteiger partial charge in [0.1, 0.15) is 43.7 Å². The molecule has 3 atom stereocenters. The minimum Gasteiger partial charge on any atom is -0.461 e. The summed E-state index contributed by atoms with van der Waals surface area (Å²) in [5.41, 5.74) is 1.76. The van der Waals surface area contributed by atoms with Gasteiger partial charge in [0.05, 0.1) is 24.4 Å². The topological polar surface area (TPSA) is 173 Å². The van der Waals surface area contributed by atoms with Crippen molar-refractivity contribution in [2.24, 2.45) is 5.92 Å². The number of alkyl carbamates (subject to hydrolysis) is 1. The van der Waals surface area contributed by atoms with Gasteiger partial charge in [0.15, 0.2) is 5.69 Å². The molecule has 0 unspecified atom stereocenters. The van der Waals surface area contributed by atoms with Gasteiger partial charge in [-0.15, -0.1) is 34.0 Å². The van der Waals surface area contributed by atoms with Crippen molar-refractivity contribution in [1.82, 2.24) is 30.6 Å². The fraction of sp³-hybridized carbons (Fsp3) is 0.408. The molecule has 0 aliphatic heterocycles. The van der Waals surface area contributed by atoms with Crippen LogP contribution in [0.1, 0.15) is 124 Å². The second-order valence-electron chi connectivity index (χ2n) is 18.1. The fourth-order valence-corrected chi connectivity index (χ4v) is 15.2. The van der Waals surface area contributed by atoms with E-state index in [1.165, 1.54) is 48.2 Å². The molecule has 0 bridgehead atoms. The Morgan fingerprint density at radius 1 is 0.701 bits per heavy atom. The first-order chi connectivity index (χ1) is 31.8. The van der Waals surface area contributed by atoms with Gasteiger partial charge in [-0.1, -0.05) is 95.3 Å². The normalized spacial score (nSPS) is 13.6. The zero-order chi connectivity index (χ0) is 48.7. The standard InChI is InChI=1S/C49H60N6O8S3Si/c1-13-61-45(57)37-28-64-42(53-37)33-24-25-34(46(59-11)60-12)50-40(33)35-26-65-44(51-35)39(54-41(56)36-27-66-43(52-36)38(29(2)3)55-47(58)62-48(5,6)7)30(4)63-67(49(8,9)10,31-20-16-14-17-21-31)32-22-18-15-19-23-32/h14-30,38-39,46H,13H2,1-12H3,(H,54,56)(H,55,58)/t30-,38-,39+/m1/s1. The Balaban J connectivity index is 1.46. The third-order valence-corrected chi connectivity index (χ3v) is 18.6. The minimum absolute atomic E-state index is 0.0582. The lowest BCUT2D eigenvalue weighted by Gasteiger charge is -2.45. The molecule has 0 saturated carbocycles. The smallest absolute Gasteiger partial charge is 0.408 e. The molecule has 4 heterocycles. The number of rotatable bonds is 18. The molecule has 14 nitrogen and oxygen atoms in total. The molecule has 18 heteroatoms.